The zero-order valence-corrected chi connectivity index (χ0v) is 17.6. The SMILES string of the molecule is Cc1cccc(N2CN(CCCO)Cn3c2nc(C)c(Cc2ccccc2)c3=O)c1. The van der Waals surface area contributed by atoms with Crippen molar-refractivity contribution in [2.24, 2.45) is 0 Å². The number of aliphatic hydroxyl groups excluding tert-OH is 1. The molecule has 156 valence electrons. The zero-order valence-electron chi connectivity index (χ0n) is 17.6. The summed E-state index contributed by atoms with van der Waals surface area (Å²) in [4.78, 5) is 22.7. The van der Waals surface area contributed by atoms with Gasteiger partial charge >= 0.3 is 0 Å². The second-order valence-corrected chi connectivity index (χ2v) is 7.89. The molecule has 1 aliphatic rings. The molecule has 0 bridgehead atoms. The van der Waals surface area contributed by atoms with Crippen molar-refractivity contribution in [1.82, 2.24) is 14.5 Å². The highest BCUT2D eigenvalue weighted by molar-refractivity contribution is 5.59. The molecule has 0 fully saturated rings. The lowest BCUT2D eigenvalue weighted by Gasteiger charge is -2.38. The van der Waals surface area contributed by atoms with E-state index in [2.05, 4.69) is 28.9 Å². The number of aromatic nitrogens is 2. The predicted molar refractivity (Wildman–Crippen MR) is 119 cm³/mol. The highest BCUT2D eigenvalue weighted by Gasteiger charge is 2.27. The lowest BCUT2D eigenvalue weighted by Crippen LogP contribution is -2.48. The van der Waals surface area contributed by atoms with Gasteiger partial charge in [0.2, 0.25) is 5.95 Å². The number of hydrogen-bond donors (Lipinski definition) is 1. The van der Waals surface area contributed by atoms with Crippen LogP contribution in [-0.2, 0) is 13.1 Å². The summed E-state index contributed by atoms with van der Waals surface area (Å²) in [5.41, 5.74) is 4.79. The predicted octanol–water partition coefficient (Wildman–Crippen LogP) is 3.20. The largest absolute Gasteiger partial charge is 0.396 e. The van der Waals surface area contributed by atoms with Crippen LogP contribution in [0.25, 0.3) is 0 Å². The van der Waals surface area contributed by atoms with Gasteiger partial charge in [0.05, 0.1) is 19.0 Å². The number of hydrogen-bond acceptors (Lipinski definition) is 5. The molecule has 0 unspecified atom stereocenters. The number of anilines is 2. The molecular formula is C24H28N4O2. The molecule has 0 spiro atoms. The van der Waals surface area contributed by atoms with Gasteiger partial charge in [-0.3, -0.25) is 19.2 Å². The molecule has 4 rings (SSSR count). The number of fused-ring (bicyclic) bond motifs is 1. The minimum atomic E-state index is 0.00713. The average Bonchev–Trinajstić information content (AvgIpc) is 2.76. The number of rotatable bonds is 6. The first-order valence-corrected chi connectivity index (χ1v) is 10.4. The van der Waals surface area contributed by atoms with Crippen LogP contribution in [0.2, 0.25) is 0 Å². The molecule has 6 nitrogen and oxygen atoms in total. The molecule has 1 aromatic heterocycles. The topological polar surface area (TPSA) is 61.6 Å². The first-order valence-electron chi connectivity index (χ1n) is 10.4. The van der Waals surface area contributed by atoms with Crippen LogP contribution >= 0.6 is 0 Å². The third-order valence-corrected chi connectivity index (χ3v) is 5.54. The summed E-state index contributed by atoms with van der Waals surface area (Å²) in [6, 6.07) is 18.3. The first-order chi connectivity index (χ1) is 14.6. The van der Waals surface area contributed by atoms with Gasteiger partial charge in [-0.05, 0) is 43.5 Å². The van der Waals surface area contributed by atoms with Gasteiger partial charge in [0, 0.05) is 30.8 Å². The van der Waals surface area contributed by atoms with Gasteiger partial charge in [-0.2, -0.15) is 0 Å². The Morgan fingerprint density at radius 1 is 1.03 bits per heavy atom. The van der Waals surface area contributed by atoms with Crippen molar-refractivity contribution in [3.63, 3.8) is 0 Å². The lowest BCUT2D eigenvalue weighted by molar-refractivity contribution is 0.175. The van der Waals surface area contributed by atoms with E-state index in [1.807, 2.05) is 49.4 Å². The maximum atomic E-state index is 13.5. The van der Waals surface area contributed by atoms with E-state index < -0.39 is 0 Å². The Hall–Kier alpha value is -2.96. The van der Waals surface area contributed by atoms with Crippen molar-refractivity contribution in [2.45, 2.75) is 33.4 Å². The van der Waals surface area contributed by atoms with Crippen molar-refractivity contribution >= 4 is 11.6 Å². The Balaban J connectivity index is 1.79. The van der Waals surface area contributed by atoms with Crippen LogP contribution in [0.1, 0.15) is 28.8 Å². The fourth-order valence-corrected chi connectivity index (χ4v) is 3.96. The molecule has 0 amide bonds. The molecule has 0 saturated carbocycles. The van der Waals surface area contributed by atoms with Crippen molar-refractivity contribution in [3.8, 4) is 0 Å². The van der Waals surface area contributed by atoms with Crippen LogP contribution in [0, 0.1) is 13.8 Å². The second kappa shape index (κ2) is 8.81. The summed E-state index contributed by atoms with van der Waals surface area (Å²) in [6.07, 6.45) is 1.24. The molecule has 0 saturated heterocycles. The van der Waals surface area contributed by atoms with E-state index in [0.29, 0.717) is 38.7 Å². The quantitative estimate of drug-likeness (QED) is 0.684. The maximum absolute atomic E-state index is 13.5. The summed E-state index contributed by atoms with van der Waals surface area (Å²) >= 11 is 0. The number of benzene rings is 2. The molecule has 0 radical (unpaired) electrons. The fraction of sp³-hybridized carbons (Fsp3) is 0.333. The lowest BCUT2D eigenvalue weighted by atomic mass is 10.1. The van der Waals surface area contributed by atoms with Gasteiger partial charge < -0.3 is 5.11 Å². The molecule has 1 aliphatic heterocycles. The monoisotopic (exact) mass is 404 g/mol. The molecular weight excluding hydrogens is 376 g/mol. The molecule has 2 heterocycles. The number of aliphatic hydroxyl groups is 1. The number of aryl methyl sites for hydroxylation is 2. The molecule has 3 aromatic rings. The Kier molecular flexibility index (Phi) is 5.97. The van der Waals surface area contributed by atoms with Gasteiger partial charge in [0.25, 0.3) is 5.56 Å². The maximum Gasteiger partial charge on any atom is 0.259 e. The Bertz CT molecular complexity index is 1080. The Morgan fingerprint density at radius 3 is 2.57 bits per heavy atom. The summed E-state index contributed by atoms with van der Waals surface area (Å²) in [5.74, 6) is 0.681. The molecule has 2 aromatic carbocycles. The van der Waals surface area contributed by atoms with Gasteiger partial charge in [0.1, 0.15) is 0 Å². The smallest absolute Gasteiger partial charge is 0.259 e. The van der Waals surface area contributed by atoms with E-state index in [1.165, 1.54) is 0 Å². The second-order valence-electron chi connectivity index (χ2n) is 7.89. The van der Waals surface area contributed by atoms with E-state index in [-0.39, 0.29) is 12.2 Å². The molecule has 0 atom stereocenters. The van der Waals surface area contributed by atoms with Gasteiger partial charge in [-0.15, -0.1) is 0 Å². The average molecular weight is 405 g/mol. The fourth-order valence-electron chi connectivity index (χ4n) is 3.96. The summed E-state index contributed by atoms with van der Waals surface area (Å²) in [6.45, 7) is 5.94. The van der Waals surface area contributed by atoms with Gasteiger partial charge in [-0.1, -0.05) is 42.5 Å². The Labute approximate surface area is 177 Å². The van der Waals surface area contributed by atoms with E-state index in [1.54, 1.807) is 4.57 Å². The van der Waals surface area contributed by atoms with Crippen molar-refractivity contribution in [1.29, 1.82) is 0 Å². The van der Waals surface area contributed by atoms with E-state index in [4.69, 9.17) is 4.98 Å². The van der Waals surface area contributed by atoms with Crippen LogP contribution < -0.4 is 10.5 Å². The minimum absolute atomic E-state index is 0.00713. The molecule has 6 heteroatoms. The summed E-state index contributed by atoms with van der Waals surface area (Å²) in [5, 5.41) is 9.29. The van der Waals surface area contributed by atoms with Crippen LogP contribution in [0.15, 0.2) is 59.4 Å². The van der Waals surface area contributed by atoms with E-state index in [0.717, 1.165) is 28.1 Å². The zero-order chi connectivity index (χ0) is 21.1. The molecule has 0 aliphatic carbocycles. The standard InChI is InChI=1S/C24H28N4O2/c1-18-8-6-11-21(14-18)27-16-26(12-7-13-29)17-28-23(30)22(19(2)25-24(27)28)15-20-9-4-3-5-10-20/h3-6,8-11,14,29H,7,12-13,15-17H2,1-2H3. The van der Waals surface area contributed by atoms with Crippen LogP contribution in [0.4, 0.5) is 11.6 Å². The first kappa shape index (κ1) is 20.3. The van der Waals surface area contributed by atoms with Gasteiger partial charge in [0.15, 0.2) is 0 Å². The van der Waals surface area contributed by atoms with Crippen LogP contribution in [-0.4, -0.2) is 39.4 Å². The van der Waals surface area contributed by atoms with E-state index >= 15 is 0 Å². The molecule has 30 heavy (non-hydrogen) atoms. The Morgan fingerprint density at radius 2 is 1.83 bits per heavy atom. The van der Waals surface area contributed by atoms with E-state index in [9.17, 15) is 9.90 Å². The molecule has 1 N–H and O–H groups in total. The summed E-state index contributed by atoms with van der Waals surface area (Å²) in [7, 11) is 0. The van der Waals surface area contributed by atoms with Crippen molar-refractivity contribution in [3.05, 3.63) is 87.3 Å². The van der Waals surface area contributed by atoms with Crippen LogP contribution in [0.3, 0.4) is 0 Å². The highest BCUT2D eigenvalue weighted by Crippen LogP contribution is 2.28. The minimum Gasteiger partial charge on any atom is -0.396 e. The normalized spacial score (nSPS) is 14.0. The van der Waals surface area contributed by atoms with Crippen LogP contribution in [0.5, 0.6) is 0 Å². The third kappa shape index (κ3) is 4.15. The van der Waals surface area contributed by atoms with Crippen molar-refractivity contribution in [2.75, 3.05) is 24.7 Å². The van der Waals surface area contributed by atoms with Crippen molar-refractivity contribution < 1.29 is 5.11 Å². The third-order valence-electron chi connectivity index (χ3n) is 5.54. The number of nitrogens with zero attached hydrogens (tertiary/aromatic N) is 4. The highest BCUT2D eigenvalue weighted by atomic mass is 16.3. The summed E-state index contributed by atoms with van der Waals surface area (Å²) < 4.78 is 1.77. The van der Waals surface area contributed by atoms with Gasteiger partial charge in [-0.25, -0.2) is 4.98 Å².